The molecule has 0 saturated heterocycles. The molecular formula is C16H13NO3. The first-order valence-electron chi connectivity index (χ1n) is 6.17. The van der Waals surface area contributed by atoms with Gasteiger partial charge in [-0.3, -0.25) is 4.79 Å². The minimum Gasteiger partial charge on any atom is -0.490 e. The number of hydrogen-bond donors (Lipinski definition) is 1. The van der Waals surface area contributed by atoms with Crippen LogP contribution >= 0.6 is 0 Å². The third-order valence-electron chi connectivity index (χ3n) is 3.17. The van der Waals surface area contributed by atoms with Gasteiger partial charge in [0.25, 0.3) is 0 Å². The lowest BCUT2D eigenvalue weighted by Gasteiger charge is -2.10. The molecule has 0 amide bonds. The molecule has 0 saturated carbocycles. The molecule has 0 fully saturated rings. The molecule has 1 heterocycles. The van der Waals surface area contributed by atoms with E-state index in [0.717, 1.165) is 0 Å². The van der Waals surface area contributed by atoms with Crippen molar-refractivity contribution in [2.45, 2.75) is 0 Å². The maximum Gasteiger partial charge on any atom is 0.235 e. The Labute approximate surface area is 115 Å². The SMILES string of the molecule is COc1c(-c2ccccc2N)oc2ccccc2c1=O. The predicted octanol–water partition coefficient (Wildman–Crippen LogP) is 3.05. The van der Waals surface area contributed by atoms with Crippen molar-refractivity contribution in [3.63, 3.8) is 0 Å². The third kappa shape index (κ3) is 1.82. The van der Waals surface area contributed by atoms with Crippen LogP contribution in [0, 0.1) is 0 Å². The zero-order chi connectivity index (χ0) is 14.1. The van der Waals surface area contributed by atoms with Crippen molar-refractivity contribution in [3.8, 4) is 17.1 Å². The molecular weight excluding hydrogens is 254 g/mol. The first-order chi connectivity index (χ1) is 9.72. The molecule has 0 unspecified atom stereocenters. The average molecular weight is 267 g/mol. The van der Waals surface area contributed by atoms with Crippen LogP contribution in [-0.2, 0) is 0 Å². The quantitative estimate of drug-likeness (QED) is 0.725. The van der Waals surface area contributed by atoms with E-state index in [0.29, 0.717) is 28.0 Å². The number of methoxy groups -OCH3 is 1. The number of hydrogen-bond acceptors (Lipinski definition) is 4. The van der Waals surface area contributed by atoms with E-state index in [1.807, 2.05) is 18.2 Å². The van der Waals surface area contributed by atoms with Gasteiger partial charge < -0.3 is 14.9 Å². The van der Waals surface area contributed by atoms with E-state index in [-0.39, 0.29) is 11.2 Å². The Morgan fingerprint density at radius 1 is 1.05 bits per heavy atom. The summed E-state index contributed by atoms with van der Waals surface area (Å²) in [5.74, 6) is 0.524. The molecule has 0 aliphatic heterocycles. The highest BCUT2D eigenvalue weighted by Gasteiger charge is 2.17. The van der Waals surface area contributed by atoms with E-state index in [1.54, 1.807) is 30.3 Å². The van der Waals surface area contributed by atoms with Crippen LogP contribution in [0.3, 0.4) is 0 Å². The van der Waals surface area contributed by atoms with E-state index < -0.39 is 0 Å². The summed E-state index contributed by atoms with van der Waals surface area (Å²) in [6.45, 7) is 0. The molecule has 3 rings (SSSR count). The zero-order valence-corrected chi connectivity index (χ0v) is 10.9. The Morgan fingerprint density at radius 3 is 2.50 bits per heavy atom. The van der Waals surface area contributed by atoms with Crippen LogP contribution in [0.25, 0.3) is 22.3 Å². The Balaban J connectivity index is 2.42. The van der Waals surface area contributed by atoms with Crippen molar-refractivity contribution in [1.29, 1.82) is 0 Å². The molecule has 2 N–H and O–H groups in total. The molecule has 4 nitrogen and oxygen atoms in total. The van der Waals surface area contributed by atoms with Crippen LogP contribution in [0.5, 0.6) is 5.75 Å². The normalized spacial score (nSPS) is 10.7. The molecule has 0 aliphatic rings. The monoisotopic (exact) mass is 267 g/mol. The Hall–Kier alpha value is -2.75. The van der Waals surface area contributed by atoms with Crippen LogP contribution in [0.4, 0.5) is 5.69 Å². The maximum absolute atomic E-state index is 12.4. The molecule has 100 valence electrons. The highest BCUT2D eigenvalue weighted by molar-refractivity contribution is 5.84. The summed E-state index contributed by atoms with van der Waals surface area (Å²) in [6, 6.07) is 14.3. The molecule has 4 heteroatoms. The van der Waals surface area contributed by atoms with Gasteiger partial charge in [0.15, 0.2) is 5.76 Å². The van der Waals surface area contributed by atoms with Crippen LogP contribution in [0.2, 0.25) is 0 Å². The van der Waals surface area contributed by atoms with Crippen LogP contribution < -0.4 is 15.9 Å². The summed E-state index contributed by atoms with van der Waals surface area (Å²) >= 11 is 0. The molecule has 20 heavy (non-hydrogen) atoms. The topological polar surface area (TPSA) is 65.5 Å². The fourth-order valence-electron chi connectivity index (χ4n) is 2.19. The molecule has 0 aliphatic carbocycles. The lowest BCUT2D eigenvalue weighted by Crippen LogP contribution is -2.08. The van der Waals surface area contributed by atoms with E-state index in [1.165, 1.54) is 7.11 Å². The number of ether oxygens (including phenoxy) is 1. The van der Waals surface area contributed by atoms with E-state index in [9.17, 15) is 4.79 Å². The number of fused-ring (bicyclic) bond motifs is 1. The van der Waals surface area contributed by atoms with Gasteiger partial charge in [-0.25, -0.2) is 0 Å². The largest absolute Gasteiger partial charge is 0.490 e. The second-order valence-corrected chi connectivity index (χ2v) is 4.38. The van der Waals surface area contributed by atoms with Crippen molar-refractivity contribution in [2.24, 2.45) is 0 Å². The molecule has 0 radical (unpaired) electrons. The standard InChI is InChI=1S/C16H13NO3/c1-19-16-14(18)11-7-3-5-9-13(11)20-15(16)10-6-2-4-8-12(10)17/h2-9H,17H2,1H3. The number of anilines is 1. The van der Waals surface area contributed by atoms with Gasteiger partial charge in [-0.2, -0.15) is 0 Å². The Kier molecular flexibility index (Phi) is 2.91. The van der Waals surface area contributed by atoms with E-state index in [2.05, 4.69) is 0 Å². The number of benzene rings is 2. The second kappa shape index (κ2) is 4.74. The maximum atomic E-state index is 12.4. The van der Waals surface area contributed by atoms with Crippen LogP contribution in [-0.4, -0.2) is 7.11 Å². The Morgan fingerprint density at radius 2 is 1.75 bits per heavy atom. The van der Waals surface area contributed by atoms with Crippen molar-refractivity contribution < 1.29 is 9.15 Å². The van der Waals surface area contributed by atoms with Crippen molar-refractivity contribution in [3.05, 3.63) is 58.8 Å². The van der Waals surface area contributed by atoms with Gasteiger partial charge in [-0.05, 0) is 24.3 Å². The second-order valence-electron chi connectivity index (χ2n) is 4.38. The predicted molar refractivity (Wildman–Crippen MR) is 78.9 cm³/mol. The summed E-state index contributed by atoms with van der Waals surface area (Å²) in [5.41, 5.74) is 7.44. The van der Waals surface area contributed by atoms with Crippen molar-refractivity contribution in [1.82, 2.24) is 0 Å². The highest BCUT2D eigenvalue weighted by atomic mass is 16.5. The summed E-state index contributed by atoms with van der Waals surface area (Å²) in [5, 5.41) is 0.489. The molecule has 0 spiro atoms. The summed E-state index contributed by atoms with van der Waals surface area (Å²) in [6.07, 6.45) is 0. The van der Waals surface area contributed by atoms with Gasteiger partial charge in [0.05, 0.1) is 12.5 Å². The van der Waals surface area contributed by atoms with Gasteiger partial charge in [0, 0.05) is 11.3 Å². The van der Waals surface area contributed by atoms with E-state index in [4.69, 9.17) is 14.9 Å². The van der Waals surface area contributed by atoms with Crippen LogP contribution in [0.15, 0.2) is 57.7 Å². The molecule has 0 bridgehead atoms. The smallest absolute Gasteiger partial charge is 0.235 e. The number of nitrogens with two attached hydrogens (primary N) is 1. The third-order valence-corrected chi connectivity index (χ3v) is 3.17. The molecule has 1 aromatic heterocycles. The first kappa shape index (κ1) is 12.3. The molecule has 3 aromatic rings. The highest BCUT2D eigenvalue weighted by Crippen LogP contribution is 2.33. The van der Waals surface area contributed by atoms with E-state index >= 15 is 0 Å². The first-order valence-corrected chi connectivity index (χ1v) is 6.17. The lowest BCUT2D eigenvalue weighted by atomic mass is 10.1. The van der Waals surface area contributed by atoms with Gasteiger partial charge in [-0.15, -0.1) is 0 Å². The van der Waals surface area contributed by atoms with Gasteiger partial charge in [0.2, 0.25) is 11.2 Å². The number of para-hydroxylation sites is 2. The van der Waals surface area contributed by atoms with Crippen molar-refractivity contribution in [2.75, 3.05) is 12.8 Å². The zero-order valence-electron chi connectivity index (χ0n) is 10.9. The lowest BCUT2D eigenvalue weighted by molar-refractivity contribution is 0.399. The molecule has 0 atom stereocenters. The number of nitrogen functional groups attached to an aromatic ring is 1. The summed E-state index contributed by atoms with van der Waals surface area (Å²) in [7, 11) is 1.45. The minimum absolute atomic E-state index is 0.168. The van der Waals surface area contributed by atoms with Crippen molar-refractivity contribution >= 4 is 16.7 Å². The van der Waals surface area contributed by atoms with Gasteiger partial charge in [-0.1, -0.05) is 24.3 Å². The van der Waals surface area contributed by atoms with Gasteiger partial charge >= 0.3 is 0 Å². The number of rotatable bonds is 2. The average Bonchev–Trinajstić information content (AvgIpc) is 2.48. The Bertz CT molecular complexity index is 836. The van der Waals surface area contributed by atoms with Gasteiger partial charge in [0.1, 0.15) is 5.58 Å². The summed E-state index contributed by atoms with van der Waals surface area (Å²) < 4.78 is 11.1. The molecule has 2 aromatic carbocycles. The minimum atomic E-state index is -0.201. The van der Waals surface area contributed by atoms with Crippen LogP contribution in [0.1, 0.15) is 0 Å². The summed E-state index contributed by atoms with van der Waals surface area (Å²) in [4.78, 5) is 12.4. The fraction of sp³-hybridized carbons (Fsp3) is 0.0625. The fourth-order valence-corrected chi connectivity index (χ4v) is 2.19.